The summed E-state index contributed by atoms with van der Waals surface area (Å²) >= 11 is 5.97. The molecule has 1 aromatic rings. The molecule has 0 aliphatic heterocycles. The Kier molecular flexibility index (Phi) is 5.96. The zero-order valence-electron chi connectivity index (χ0n) is 14.4. The van der Waals surface area contributed by atoms with E-state index in [1.807, 2.05) is 26.0 Å². The van der Waals surface area contributed by atoms with E-state index < -0.39 is 11.0 Å². The Labute approximate surface area is 149 Å². The van der Waals surface area contributed by atoms with Crippen molar-refractivity contribution < 1.29 is 9.90 Å². The second-order valence-electron chi connectivity index (χ2n) is 6.81. The van der Waals surface area contributed by atoms with Gasteiger partial charge in [-0.15, -0.1) is 0 Å². The van der Waals surface area contributed by atoms with E-state index in [-0.39, 0.29) is 11.8 Å². The van der Waals surface area contributed by atoms with Gasteiger partial charge >= 0.3 is 0 Å². The molecule has 0 heterocycles. The minimum Gasteiger partial charge on any atom is -0.378 e. The first-order chi connectivity index (χ1) is 11.3. The van der Waals surface area contributed by atoms with E-state index in [9.17, 15) is 9.90 Å². The van der Waals surface area contributed by atoms with Crippen molar-refractivity contribution in [2.45, 2.75) is 58.0 Å². The average Bonchev–Trinajstić information content (AvgIpc) is 2.55. The third-order valence-corrected chi connectivity index (χ3v) is 5.76. The molecule has 0 spiro atoms. The molecule has 1 amide bonds. The second kappa shape index (κ2) is 7.59. The fourth-order valence-electron chi connectivity index (χ4n) is 3.97. The highest BCUT2D eigenvalue weighted by Crippen LogP contribution is 2.46. The largest absolute Gasteiger partial charge is 0.378 e. The molecule has 4 heteroatoms. The first-order valence-electron chi connectivity index (χ1n) is 8.66. The van der Waals surface area contributed by atoms with E-state index in [2.05, 4.69) is 11.8 Å². The second-order valence-corrected chi connectivity index (χ2v) is 7.25. The maximum Gasteiger partial charge on any atom is 0.223 e. The minimum atomic E-state index is -1.07. The summed E-state index contributed by atoms with van der Waals surface area (Å²) in [6.07, 6.45) is 4.26. The van der Waals surface area contributed by atoms with Crippen LogP contribution in [0.2, 0.25) is 5.02 Å². The van der Waals surface area contributed by atoms with Crippen LogP contribution in [0.25, 0.3) is 0 Å². The van der Waals surface area contributed by atoms with E-state index in [4.69, 9.17) is 17.3 Å². The first-order valence-corrected chi connectivity index (χ1v) is 9.04. The lowest BCUT2D eigenvalue weighted by Crippen LogP contribution is -2.47. The maximum atomic E-state index is 12.1. The van der Waals surface area contributed by atoms with Crippen molar-refractivity contribution in [3.8, 4) is 11.8 Å². The quantitative estimate of drug-likeness (QED) is 0.811. The average molecular weight is 348 g/mol. The number of hydrogen-bond acceptors (Lipinski definition) is 2. The van der Waals surface area contributed by atoms with Crippen molar-refractivity contribution in [2.24, 2.45) is 17.1 Å². The molecule has 2 atom stereocenters. The van der Waals surface area contributed by atoms with Gasteiger partial charge in [0.1, 0.15) is 5.60 Å². The summed E-state index contributed by atoms with van der Waals surface area (Å²) in [7, 11) is 0. The lowest BCUT2D eigenvalue weighted by atomic mass is 9.62. The maximum absolute atomic E-state index is 12.1. The van der Waals surface area contributed by atoms with E-state index in [0.717, 1.165) is 18.4 Å². The monoisotopic (exact) mass is 347 g/mol. The van der Waals surface area contributed by atoms with E-state index in [1.54, 1.807) is 12.1 Å². The molecule has 0 unspecified atom stereocenters. The van der Waals surface area contributed by atoms with Gasteiger partial charge in [-0.25, -0.2) is 0 Å². The topological polar surface area (TPSA) is 63.3 Å². The summed E-state index contributed by atoms with van der Waals surface area (Å²) < 4.78 is 0. The van der Waals surface area contributed by atoms with Gasteiger partial charge in [0.15, 0.2) is 0 Å². The molecule has 130 valence electrons. The molecule has 0 radical (unpaired) electrons. The van der Waals surface area contributed by atoms with E-state index >= 15 is 0 Å². The van der Waals surface area contributed by atoms with Crippen molar-refractivity contribution in [1.82, 2.24) is 0 Å². The SMILES string of the molecule is CCC(CC)(C(N)=O)[C@H]1CCC[C@@](O)(C#Cc2cccc(Cl)c2)C1. The number of amides is 1. The van der Waals surface area contributed by atoms with Crippen LogP contribution in [0.1, 0.15) is 57.9 Å². The summed E-state index contributed by atoms with van der Waals surface area (Å²) in [5.41, 5.74) is 4.88. The summed E-state index contributed by atoms with van der Waals surface area (Å²) in [5.74, 6) is 5.87. The number of rotatable bonds is 4. The molecule has 1 aliphatic carbocycles. The van der Waals surface area contributed by atoms with Gasteiger partial charge in [-0.3, -0.25) is 4.79 Å². The van der Waals surface area contributed by atoms with Gasteiger partial charge < -0.3 is 10.8 Å². The zero-order valence-corrected chi connectivity index (χ0v) is 15.2. The van der Waals surface area contributed by atoms with Crippen LogP contribution in [-0.2, 0) is 4.79 Å². The van der Waals surface area contributed by atoms with Crippen molar-refractivity contribution >= 4 is 17.5 Å². The van der Waals surface area contributed by atoms with Gasteiger partial charge in [0.25, 0.3) is 0 Å². The fourth-order valence-corrected chi connectivity index (χ4v) is 4.16. The van der Waals surface area contributed by atoms with Crippen LogP contribution in [0.4, 0.5) is 0 Å². The fraction of sp³-hybridized carbons (Fsp3) is 0.550. The van der Waals surface area contributed by atoms with Gasteiger partial charge in [0.05, 0.1) is 5.41 Å². The minimum absolute atomic E-state index is 0.0670. The molecule has 0 saturated heterocycles. The Morgan fingerprint density at radius 1 is 1.46 bits per heavy atom. The van der Waals surface area contributed by atoms with Gasteiger partial charge in [0.2, 0.25) is 5.91 Å². The highest BCUT2D eigenvalue weighted by Gasteiger charge is 2.46. The van der Waals surface area contributed by atoms with E-state index in [1.165, 1.54) is 0 Å². The highest BCUT2D eigenvalue weighted by molar-refractivity contribution is 6.30. The van der Waals surface area contributed by atoms with Crippen LogP contribution < -0.4 is 5.73 Å². The third-order valence-electron chi connectivity index (χ3n) is 5.53. The van der Waals surface area contributed by atoms with Crippen LogP contribution in [0.15, 0.2) is 24.3 Å². The van der Waals surface area contributed by atoms with Gasteiger partial charge in [-0.1, -0.05) is 43.4 Å². The van der Waals surface area contributed by atoms with Crippen LogP contribution in [0.3, 0.4) is 0 Å². The molecule has 2 rings (SSSR count). The number of hydrogen-bond donors (Lipinski definition) is 2. The normalized spacial score (nSPS) is 24.1. The van der Waals surface area contributed by atoms with Crippen molar-refractivity contribution in [2.75, 3.05) is 0 Å². The Balaban J connectivity index is 2.24. The Morgan fingerprint density at radius 3 is 2.75 bits per heavy atom. The first kappa shape index (κ1) is 18.8. The summed E-state index contributed by atoms with van der Waals surface area (Å²) in [5, 5.41) is 11.6. The molecule has 0 bridgehead atoms. The Hall–Kier alpha value is -1.50. The summed E-state index contributed by atoms with van der Waals surface area (Å²) in [6.45, 7) is 4.00. The third kappa shape index (κ3) is 3.94. The van der Waals surface area contributed by atoms with Gasteiger partial charge in [0, 0.05) is 10.6 Å². The number of primary amides is 1. The lowest BCUT2D eigenvalue weighted by molar-refractivity contribution is -0.134. The van der Waals surface area contributed by atoms with Crippen molar-refractivity contribution in [3.05, 3.63) is 34.9 Å². The smallest absolute Gasteiger partial charge is 0.223 e. The Bertz CT molecular complexity index is 657. The number of aliphatic hydroxyl groups is 1. The molecular weight excluding hydrogens is 322 g/mol. The standard InChI is InChI=1S/C20H26ClNO2/c1-3-20(4-2,18(22)23)16-8-6-11-19(24,14-16)12-10-15-7-5-9-17(21)13-15/h5,7,9,13,16,24H,3-4,6,8,11,14H2,1-2H3,(H2,22,23)/t16-,19+/m0/s1. The van der Waals surface area contributed by atoms with Crippen molar-refractivity contribution in [3.63, 3.8) is 0 Å². The summed E-state index contributed by atoms with van der Waals surface area (Å²) in [6, 6.07) is 7.28. The number of benzene rings is 1. The molecule has 1 fully saturated rings. The number of halogens is 1. The molecule has 1 aliphatic rings. The molecule has 3 nitrogen and oxygen atoms in total. The van der Waals surface area contributed by atoms with Crippen LogP contribution >= 0.6 is 11.6 Å². The lowest BCUT2D eigenvalue weighted by Gasteiger charge is -2.43. The van der Waals surface area contributed by atoms with E-state index in [0.29, 0.717) is 30.7 Å². The van der Waals surface area contributed by atoms with Crippen LogP contribution in [0.5, 0.6) is 0 Å². The molecule has 0 aromatic heterocycles. The zero-order chi connectivity index (χ0) is 17.8. The van der Waals surface area contributed by atoms with Gasteiger partial charge in [-0.05, 0) is 62.6 Å². The van der Waals surface area contributed by atoms with Crippen molar-refractivity contribution in [1.29, 1.82) is 0 Å². The van der Waals surface area contributed by atoms with Crippen LogP contribution in [-0.4, -0.2) is 16.6 Å². The molecule has 1 aromatic carbocycles. The molecule has 3 N–H and O–H groups in total. The van der Waals surface area contributed by atoms with Crippen LogP contribution in [0, 0.1) is 23.2 Å². The molecule has 1 saturated carbocycles. The highest BCUT2D eigenvalue weighted by atomic mass is 35.5. The Morgan fingerprint density at radius 2 is 2.17 bits per heavy atom. The molecular formula is C20H26ClNO2. The van der Waals surface area contributed by atoms with Gasteiger partial charge in [-0.2, -0.15) is 0 Å². The number of carbonyl (C=O) groups is 1. The summed E-state index contributed by atoms with van der Waals surface area (Å²) in [4.78, 5) is 12.1. The predicted molar refractivity (Wildman–Crippen MR) is 97.4 cm³/mol. The predicted octanol–water partition coefficient (Wildman–Crippen LogP) is 3.90. The number of carbonyl (C=O) groups excluding carboxylic acids is 1. The number of nitrogens with two attached hydrogens (primary N) is 1. The molecule has 24 heavy (non-hydrogen) atoms.